The number of hydrogen-bond donors (Lipinski definition) is 9. The van der Waals surface area contributed by atoms with Crippen molar-refractivity contribution in [3.8, 4) is 0 Å². The molecule has 0 aliphatic carbocycles. The molecule has 0 spiro atoms. The number of carbonyl (C=O) groups is 10. The van der Waals surface area contributed by atoms with Gasteiger partial charge in [-0.3, -0.25) is 57.9 Å². The molecule has 22 heteroatoms. The first-order valence-electron chi connectivity index (χ1n) is 14.9. The maximum atomic E-state index is 12.1. The SMILES string of the molecule is CC(=O)CCC(=O)C(CS)NC=O.CNC(=O)CNC(=O)CC[C@@H](C(=O)O)N(CCN(CC(=O)O)CC(=O)O)CCN(CC(=O)O)CC(=O)O. The van der Waals surface area contributed by atoms with E-state index in [2.05, 4.69) is 28.6 Å². The maximum absolute atomic E-state index is 12.1. The molecule has 0 bridgehead atoms. The Morgan fingerprint density at radius 3 is 1.50 bits per heavy atom. The number of hydrogen-bond acceptors (Lipinski definition) is 14. The van der Waals surface area contributed by atoms with Gasteiger partial charge >= 0.3 is 29.8 Å². The minimum atomic E-state index is -1.37. The lowest BCUT2D eigenvalue weighted by Gasteiger charge is -2.32. The Labute approximate surface area is 292 Å². The quantitative estimate of drug-likeness (QED) is 0.0275. The van der Waals surface area contributed by atoms with Gasteiger partial charge in [0.25, 0.3) is 0 Å². The second kappa shape index (κ2) is 27.2. The largest absolute Gasteiger partial charge is 0.480 e. The van der Waals surface area contributed by atoms with Crippen molar-refractivity contribution in [3.63, 3.8) is 0 Å². The van der Waals surface area contributed by atoms with Gasteiger partial charge in [0, 0.05) is 58.2 Å². The van der Waals surface area contributed by atoms with Gasteiger partial charge < -0.3 is 46.3 Å². The monoisotopic (exact) mass is 738 g/mol. The number of likely N-dealkylation sites (N-methyl/N-ethyl adjacent to an activating group) is 1. The molecule has 0 aliphatic heterocycles. The van der Waals surface area contributed by atoms with Gasteiger partial charge in [-0.05, 0) is 13.3 Å². The molecule has 2 atom stereocenters. The lowest BCUT2D eigenvalue weighted by molar-refractivity contribution is -0.146. The van der Waals surface area contributed by atoms with Crippen LogP contribution in [-0.2, 0) is 47.9 Å². The smallest absolute Gasteiger partial charge is 0.320 e. The zero-order chi connectivity index (χ0) is 38.8. The standard InChI is InChI=1S/C20H33N5O12.C8H13NO3S/c1-21-15(27)8-22-14(26)3-2-13(20(36)37)25(6-4-23(9-16(28)29)10-17(30)31)7-5-24(11-18(32)33)12-19(34)35;1-6(11)2-3-8(12)7(4-13)9-5-10/h13H,2-12H2,1H3,(H,21,27)(H,22,26)(H,28,29)(H,30,31)(H,32,33)(H,34,35)(H,36,37);5,7,13H,2-4H2,1H3,(H,9,10)/t13-;/m0./s1. The molecule has 0 aliphatic rings. The Kier molecular flexibility index (Phi) is 25.8. The molecule has 0 rings (SSSR count). The Morgan fingerprint density at radius 1 is 0.700 bits per heavy atom. The van der Waals surface area contributed by atoms with E-state index in [1.54, 1.807) is 0 Å². The summed E-state index contributed by atoms with van der Waals surface area (Å²) in [5, 5.41) is 52.8. The fourth-order valence-corrected chi connectivity index (χ4v) is 4.35. The van der Waals surface area contributed by atoms with Crippen molar-refractivity contribution in [1.29, 1.82) is 0 Å². The van der Waals surface area contributed by atoms with E-state index in [4.69, 9.17) is 20.4 Å². The molecule has 50 heavy (non-hydrogen) atoms. The summed E-state index contributed by atoms with van der Waals surface area (Å²) in [7, 11) is 1.36. The summed E-state index contributed by atoms with van der Waals surface area (Å²) in [4.78, 5) is 115. The molecule has 21 nitrogen and oxygen atoms in total. The third-order valence-corrected chi connectivity index (χ3v) is 6.87. The van der Waals surface area contributed by atoms with Gasteiger partial charge in [0.15, 0.2) is 5.78 Å². The van der Waals surface area contributed by atoms with Gasteiger partial charge in [0.05, 0.1) is 38.8 Å². The van der Waals surface area contributed by atoms with E-state index in [9.17, 15) is 53.1 Å². The van der Waals surface area contributed by atoms with E-state index < -0.39 is 79.9 Å². The number of ketones is 2. The van der Waals surface area contributed by atoms with E-state index in [0.29, 0.717) is 6.41 Å². The highest BCUT2D eigenvalue weighted by atomic mass is 32.1. The van der Waals surface area contributed by atoms with Crippen LogP contribution < -0.4 is 16.0 Å². The van der Waals surface area contributed by atoms with Crippen LogP contribution in [0.5, 0.6) is 0 Å². The van der Waals surface area contributed by atoms with Crippen LogP contribution in [0, 0.1) is 0 Å². The highest BCUT2D eigenvalue weighted by molar-refractivity contribution is 7.80. The summed E-state index contributed by atoms with van der Waals surface area (Å²) >= 11 is 3.91. The van der Waals surface area contributed by atoms with E-state index in [1.807, 2.05) is 0 Å². The van der Waals surface area contributed by atoms with Crippen LogP contribution in [0.25, 0.3) is 0 Å². The van der Waals surface area contributed by atoms with Crippen molar-refractivity contribution in [2.24, 2.45) is 0 Å². The van der Waals surface area contributed by atoms with Crippen LogP contribution in [0.1, 0.15) is 32.6 Å². The van der Waals surface area contributed by atoms with Crippen molar-refractivity contribution >= 4 is 72.3 Å². The Morgan fingerprint density at radius 2 is 1.16 bits per heavy atom. The maximum Gasteiger partial charge on any atom is 0.320 e. The molecule has 0 fully saturated rings. The van der Waals surface area contributed by atoms with Crippen molar-refractivity contribution in [3.05, 3.63) is 0 Å². The van der Waals surface area contributed by atoms with E-state index in [-0.39, 0.29) is 75.7 Å². The normalized spacial score (nSPS) is 11.8. The average Bonchev–Trinajstić information content (AvgIpc) is 3.00. The van der Waals surface area contributed by atoms with Crippen molar-refractivity contribution in [1.82, 2.24) is 30.7 Å². The lowest BCUT2D eigenvalue weighted by atomic mass is 10.1. The van der Waals surface area contributed by atoms with Crippen LogP contribution >= 0.6 is 12.6 Å². The molecule has 0 saturated heterocycles. The van der Waals surface area contributed by atoms with Gasteiger partial charge in [0.2, 0.25) is 18.2 Å². The number of Topliss-reactive ketones (excluding diaryl/α,β-unsaturated/α-hetero) is 2. The summed E-state index contributed by atoms with van der Waals surface area (Å²) in [5.74, 6) is -7.65. The fourth-order valence-electron chi connectivity index (χ4n) is 4.05. The summed E-state index contributed by atoms with van der Waals surface area (Å²) < 4.78 is 0. The highest BCUT2D eigenvalue weighted by Gasteiger charge is 2.28. The second-order valence-corrected chi connectivity index (χ2v) is 10.9. The van der Waals surface area contributed by atoms with Gasteiger partial charge in [-0.15, -0.1) is 0 Å². The first kappa shape index (κ1) is 47.4. The zero-order valence-electron chi connectivity index (χ0n) is 27.7. The number of aliphatic carboxylic acids is 5. The Bertz CT molecular complexity index is 1120. The number of rotatable bonds is 28. The van der Waals surface area contributed by atoms with Crippen LogP contribution in [0.15, 0.2) is 0 Å². The Hall–Kier alpha value is -4.67. The summed E-state index contributed by atoms with van der Waals surface area (Å²) in [6.45, 7) is -2.28. The number of thiol groups is 1. The van der Waals surface area contributed by atoms with E-state index in [1.165, 1.54) is 18.9 Å². The molecule has 0 aromatic rings. The Balaban J connectivity index is 0. The number of amides is 3. The summed E-state index contributed by atoms with van der Waals surface area (Å²) in [5.41, 5.74) is 0. The minimum Gasteiger partial charge on any atom is -0.480 e. The second-order valence-electron chi connectivity index (χ2n) is 10.6. The number of nitrogens with one attached hydrogen (secondary N) is 3. The number of nitrogens with zero attached hydrogens (tertiary/aromatic N) is 3. The number of carboxylic acid groups (broad SMARTS) is 5. The van der Waals surface area contributed by atoms with Crippen molar-refractivity contribution in [2.45, 2.75) is 44.7 Å². The lowest BCUT2D eigenvalue weighted by Crippen LogP contribution is -2.50. The number of carboxylic acids is 5. The zero-order valence-corrected chi connectivity index (χ0v) is 28.6. The first-order valence-corrected chi connectivity index (χ1v) is 15.6. The molecule has 0 heterocycles. The predicted molar refractivity (Wildman–Crippen MR) is 174 cm³/mol. The van der Waals surface area contributed by atoms with Crippen LogP contribution in [-0.4, -0.2) is 184 Å². The molecule has 0 radical (unpaired) electrons. The number of carbonyl (C=O) groups excluding carboxylic acids is 5. The van der Waals surface area contributed by atoms with E-state index >= 15 is 0 Å². The predicted octanol–water partition coefficient (Wildman–Crippen LogP) is -3.70. The van der Waals surface area contributed by atoms with Gasteiger partial charge in [-0.2, -0.15) is 12.6 Å². The van der Waals surface area contributed by atoms with Crippen molar-refractivity contribution in [2.75, 3.05) is 71.7 Å². The molecule has 0 aromatic carbocycles. The van der Waals surface area contributed by atoms with Gasteiger partial charge in [0.1, 0.15) is 11.8 Å². The molecule has 3 amide bonds. The highest BCUT2D eigenvalue weighted by Crippen LogP contribution is 2.10. The average molecular weight is 739 g/mol. The summed E-state index contributed by atoms with van der Waals surface area (Å²) in [6, 6.07) is -1.92. The van der Waals surface area contributed by atoms with Crippen LogP contribution in [0.2, 0.25) is 0 Å². The van der Waals surface area contributed by atoms with Crippen LogP contribution in [0.3, 0.4) is 0 Å². The first-order chi connectivity index (χ1) is 23.4. The van der Waals surface area contributed by atoms with Gasteiger partial charge in [-0.1, -0.05) is 0 Å². The third kappa shape index (κ3) is 25.4. The minimum absolute atomic E-state index is 0.0302. The molecule has 8 N–H and O–H groups in total. The third-order valence-electron chi connectivity index (χ3n) is 6.50. The van der Waals surface area contributed by atoms with Crippen LogP contribution in [0.4, 0.5) is 0 Å². The van der Waals surface area contributed by atoms with E-state index in [0.717, 1.165) is 9.80 Å². The molecular formula is C28H46N6O15S. The van der Waals surface area contributed by atoms with Crippen molar-refractivity contribution < 1.29 is 73.5 Å². The molecule has 0 saturated carbocycles. The molecule has 0 aromatic heterocycles. The molecule has 284 valence electrons. The fraction of sp³-hybridized carbons (Fsp3) is 0.643. The van der Waals surface area contributed by atoms with Gasteiger partial charge in [-0.25, -0.2) is 0 Å². The molecule has 1 unspecified atom stereocenters. The summed E-state index contributed by atoms with van der Waals surface area (Å²) in [6.07, 6.45) is 0.286. The molecular weight excluding hydrogens is 692 g/mol. The topological polar surface area (TPSA) is 318 Å².